The number of thioether (sulfide) groups is 1. The number of rotatable bonds is 8. The Morgan fingerprint density at radius 3 is 2.90 bits per heavy atom. The number of halogens is 1. The van der Waals surface area contributed by atoms with Crippen LogP contribution in [0.1, 0.15) is 24.6 Å². The monoisotopic (exact) mass is 446 g/mol. The highest BCUT2D eigenvalue weighted by Gasteiger charge is 2.24. The summed E-state index contributed by atoms with van der Waals surface area (Å²) in [5.74, 6) is 0.303. The number of thiophene rings is 1. The summed E-state index contributed by atoms with van der Waals surface area (Å²) in [5, 5.41) is 14.0. The van der Waals surface area contributed by atoms with E-state index in [1.807, 2.05) is 29.0 Å². The van der Waals surface area contributed by atoms with Gasteiger partial charge in [-0.15, -0.1) is 21.5 Å². The third-order valence-corrected chi connectivity index (χ3v) is 6.85. The molecule has 2 atom stereocenters. The topological polar surface area (TPSA) is 69.0 Å². The average molecular weight is 447 g/mol. The molecule has 6 nitrogen and oxygen atoms in total. The molecule has 1 aliphatic heterocycles. The summed E-state index contributed by atoms with van der Waals surface area (Å²) in [4.78, 5) is 13.7. The Balaban J connectivity index is 1.51. The van der Waals surface area contributed by atoms with Crippen LogP contribution in [-0.2, 0) is 22.6 Å². The van der Waals surface area contributed by atoms with Gasteiger partial charge in [0, 0.05) is 17.0 Å². The predicted octanol–water partition coefficient (Wildman–Crippen LogP) is 4.12. The summed E-state index contributed by atoms with van der Waals surface area (Å²) in [6.07, 6.45) is 2.09. The zero-order valence-corrected chi connectivity index (χ0v) is 18.2. The van der Waals surface area contributed by atoms with E-state index in [9.17, 15) is 9.18 Å². The van der Waals surface area contributed by atoms with Gasteiger partial charge in [0.05, 0.1) is 24.4 Å². The Hall–Kier alpha value is -2.23. The van der Waals surface area contributed by atoms with Crippen LogP contribution >= 0.6 is 23.1 Å². The van der Waals surface area contributed by atoms with Crippen molar-refractivity contribution >= 4 is 29.0 Å². The van der Waals surface area contributed by atoms with Crippen LogP contribution in [0.5, 0.6) is 0 Å². The van der Waals surface area contributed by atoms with Crippen LogP contribution in [0.2, 0.25) is 0 Å². The van der Waals surface area contributed by atoms with E-state index in [4.69, 9.17) is 4.74 Å². The van der Waals surface area contributed by atoms with Gasteiger partial charge in [-0.2, -0.15) is 0 Å². The lowest BCUT2D eigenvalue weighted by atomic mass is 10.2. The second-order valence-corrected chi connectivity index (χ2v) is 9.46. The van der Waals surface area contributed by atoms with Crippen molar-refractivity contribution < 1.29 is 13.9 Å². The molecule has 3 heterocycles. The molecule has 0 aliphatic carbocycles. The molecule has 4 rings (SSSR count). The van der Waals surface area contributed by atoms with E-state index in [1.54, 1.807) is 23.5 Å². The molecule has 2 aromatic heterocycles. The van der Waals surface area contributed by atoms with Gasteiger partial charge >= 0.3 is 0 Å². The van der Waals surface area contributed by atoms with Crippen LogP contribution in [0.15, 0.2) is 46.9 Å². The predicted molar refractivity (Wildman–Crippen MR) is 116 cm³/mol. The van der Waals surface area contributed by atoms with E-state index in [0.717, 1.165) is 29.9 Å². The van der Waals surface area contributed by atoms with E-state index < -0.39 is 0 Å². The van der Waals surface area contributed by atoms with Crippen molar-refractivity contribution in [2.45, 2.75) is 49.4 Å². The van der Waals surface area contributed by atoms with Gasteiger partial charge < -0.3 is 10.1 Å². The molecule has 0 spiro atoms. The lowest BCUT2D eigenvalue weighted by molar-refractivity contribution is -0.120. The van der Waals surface area contributed by atoms with Crippen molar-refractivity contribution in [3.05, 3.63) is 52.5 Å². The lowest BCUT2D eigenvalue weighted by Crippen LogP contribution is -2.30. The molecule has 1 saturated heterocycles. The zero-order valence-electron chi connectivity index (χ0n) is 16.6. The highest BCUT2D eigenvalue weighted by Crippen LogP contribution is 2.29. The Kier molecular flexibility index (Phi) is 6.81. The number of hydrogen-bond donors (Lipinski definition) is 1. The fourth-order valence-corrected chi connectivity index (χ4v) is 4.82. The number of ether oxygens (including phenoxy) is 1. The molecule has 0 saturated carbocycles. The Morgan fingerprint density at radius 2 is 2.20 bits per heavy atom. The number of amides is 1. The maximum Gasteiger partial charge on any atom is 0.233 e. The van der Waals surface area contributed by atoms with E-state index in [2.05, 4.69) is 15.5 Å². The minimum atomic E-state index is -0.335. The van der Waals surface area contributed by atoms with Gasteiger partial charge in [0.25, 0.3) is 0 Å². The van der Waals surface area contributed by atoms with Gasteiger partial charge in [0.2, 0.25) is 5.91 Å². The fraction of sp³-hybridized carbons (Fsp3) is 0.381. The second kappa shape index (κ2) is 9.72. The van der Waals surface area contributed by atoms with E-state index in [0.29, 0.717) is 24.1 Å². The van der Waals surface area contributed by atoms with Gasteiger partial charge in [-0.25, -0.2) is 4.39 Å². The van der Waals surface area contributed by atoms with Gasteiger partial charge in [-0.05, 0) is 55.5 Å². The minimum Gasteiger partial charge on any atom is -0.376 e. The van der Waals surface area contributed by atoms with E-state index in [-0.39, 0.29) is 23.1 Å². The molecule has 3 aromatic rings. The molecule has 1 aliphatic rings. The largest absolute Gasteiger partial charge is 0.376 e. The SMILES string of the molecule is CC(Sc1nnc(-c2ccc(F)cc2)n1CC1CCCO1)C(=O)NCc1cccs1. The number of nitrogens with zero attached hydrogens (tertiary/aromatic N) is 3. The normalized spacial score (nSPS) is 17.2. The van der Waals surface area contributed by atoms with Crippen molar-refractivity contribution in [1.29, 1.82) is 0 Å². The van der Waals surface area contributed by atoms with E-state index in [1.165, 1.54) is 23.9 Å². The first-order valence-electron chi connectivity index (χ1n) is 9.87. The molecule has 1 N–H and O–H groups in total. The smallest absolute Gasteiger partial charge is 0.233 e. The summed E-state index contributed by atoms with van der Waals surface area (Å²) < 4.78 is 21.1. The molecule has 0 radical (unpaired) electrons. The van der Waals surface area contributed by atoms with Crippen molar-refractivity contribution in [2.24, 2.45) is 0 Å². The van der Waals surface area contributed by atoms with Crippen molar-refractivity contribution in [1.82, 2.24) is 20.1 Å². The molecular formula is C21H23FN4O2S2. The van der Waals surface area contributed by atoms with Crippen molar-refractivity contribution in [2.75, 3.05) is 6.61 Å². The first-order valence-corrected chi connectivity index (χ1v) is 11.6. The van der Waals surface area contributed by atoms with Crippen LogP contribution in [0.4, 0.5) is 4.39 Å². The second-order valence-electron chi connectivity index (χ2n) is 7.12. The zero-order chi connectivity index (χ0) is 20.9. The first kappa shape index (κ1) is 21.0. The number of benzene rings is 1. The molecule has 9 heteroatoms. The molecule has 0 bridgehead atoms. The van der Waals surface area contributed by atoms with Crippen molar-refractivity contribution in [3.63, 3.8) is 0 Å². The van der Waals surface area contributed by atoms with E-state index >= 15 is 0 Å². The molecule has 1 fully saturated rings. The highest BCUT2D eigenvalue weighted by molar-refractivity contribution is 8.00. The molecule has 1 amide bonds. The van der Waals surface area contributed by atoms with Gasteiger partial charge in [0.1, 0.15) is 5.82 Å². The van der Waals surface area contributed by atoms with Crippen LogP contribution in [0, 0.1) is 5.82 Å². The van der Waals surface area contributed by atoms with Crippen LogP contribution in [0.3, 0.4) is 0 Å². The first-order chi connectivity index (χ1) is 14.6. The van der Waals surface area contributed by atoms with Crippen LogP contribution < -0.4 is 5.32 Å². The quantitative estimate of drug-likeness (QED) is 0.527. The standard InChI is InChI=1S/C21H23FN4O2S2/c1-14(20(27)23-12-18-5-3-11-29-18)30-21-25-24-19(15-6-8-16(22)9-7-15)26(21)13-17-4-2-10-28-17/h3,5-9,11,14,17H,2,4,10,12-13H2,1H3,(H,23,27). The van der Waals surface area contributed by atoms with Gasteiger partial charge in [0.15, 0.2) is 11.0 Å². The Labute approximate surface area is 182 Å². The van der Waals surface area contributed by atoms with Gasteiger partial charge in [-0.1, -0.05) is 17.8 Å². The molecule has 2 unspecified atom stereocenters. The highest BCUT2D eigenvalue weighted by atomic mass is 32.2. The number of hydrogen-bond acceptors (Lipinski definition) is 6. The number of carbonyl (C=O) groups is 1. The Bertz CT molecular complexity index is 970. The van der Waals surface area contributed by atoms with Crippen LogP contribution in [-0.4, -0.2) is 38.6 Å². The number of aromatic nitrogens is 3. The average Bonchev–Trinajstić information content (AvgIpc) is 3.51. The summed E-state index contributed by atoms with van der Waals surface area (Å²) in [7, 11) is 0. The minimum absolute atomic E-state index is 0.0524. The third-order valence-electron chi connectivity index (χ3n) is 4.90. The van der Waals surface area contributed by atoms with Crippen LogP contribution in [0.25, 0.3) is 11.4 Å². The molecule has 30 heavy (non-hydrogen) atoms. The maximum atomic E-state index is 13.4. The number of carbonyl (C=O) groups excluding carboxylic acids is 1. The lowest BCUT2D eigenvalue weighted by Gasteiger charge is -2.16. The summed E-state index contributed by atoms with van der Waals surface area (Å²) in [5.41, 5.74) is 0.781. The summed E-state index contributed by atoms with van der Waals surface area (Å²) >= 11 is 2.98. The van der Waals surface area contributed by atoms with Gasteiger partial charge in [-0.3, -0.25) is 9.36 Å². The maximum absolute atomic E-state index is 13.4. The third kappa shape index (κ3) is 5.08. The Morgan fingerprint density at radius 1 is 1.37 bits per heavy atom. The number of nitrogens with one attached hydrogen (secondary N) is 1. The molecule has 158 valence electrons. The van der Waals surface area contributed by atoms with Crippen molar-refractivity contribution in [3.8, 4) is 11.4 Å². The molecular weight excluding hydrogens is 423 g/mol. The molecule has 1 aromatic carbocycles. The summed E-state index contributed by atoms with van der Waals surface area (Å²) in [6, 6.07) is 10.2. The summed E-state index contributed by atoms with van der Waals surface area (Å²) in [6.45, 7) is 3.73. The fourth-order valence-electron chi connectivity index (χ4n) is 3.29.